The monoisotopic (exact) mass is 882 g/mol. The second-order valence-electron chi connectivity index (χ2n) is 17.5. The van der Waals surface area contributed by atoms with Gasteiger partial charge in [-0.05, 0) is 65.7 Å². The van der Waals surface area contributed by atoms with Crippen LogP contribution < -0.4 is 16.4 Å². The van der Waals surface area contributed by atoms with E-state index in [4.69, 9.17) is 15.0 Å². The third-order valence-corrected chi connectivity index (χ3v) is 15.0. The van der Waals surface area contributed by atoms with Crippen LogP contribution in [0.4, 0.5) is 0 Å². The second kappa shape index (κ2) is 15.6. The second-order valence-corrected chi connectivity index (χ2v) is 18.6. The highest BCUT2D eigenvalue weighted by atomic mass is 32.1. The summed E-state index contributed by atoms with van der Waals surface area (Å²) in [5.41, 5.74) is 14.6. The van der Waals surface area contributed by atoms with E-state index in [0.717, 1.165) is 99.2 Å². The first kappa shape index (κ1) is 39.8. The minimum atomic E-state index is 0.532. The fourth-order valence-corrected chi connectivity index (χ4v) is 11.6. The number of rotatable bonds is 6. The van der Waals surface area contributed by atoms with Gasteiger partial charge in [-0.1, -0.05) is 150 Å². The minimum absolute atomic E-state index is 0.532. The van der Waals surface area contributed by atoms with Crippen LogP contribution in [0.2, 0.25) is 0 Å². The van der Waals surface area contributed by atoms with Gasteiger partial charge in [0.1, 0.15) is 29.6 Å². The lowest BCUT2D eigenvalue weighted by Gasteiger charge is -2.22. The lowest BCUT2D eigenvalue weighted by atomic mass is 9.69. The highest BCUT2D eigenvalue weighted by molar-refractivity contribution is 7.25. The van der Waals surface area contributed by atoms with Gasteiger partial charge in [0.2, 0.25) is 0 Å². The molecular weight excluding hydrogens is 845 g/mol. The predicted molar refractivity (Wildman–Crippen MR) is 292 cm³/mol. The Bertz CT molecular complexity index is 4250. The Hall–Kier alpha value is -8.51. The minimum Gasteiger partial charge on any atom is -0.309 e. The van der Waals surface area contributed by atoms with E-state index >= 15 is 0 Å². The standard InChI is InChI=1S/C58H37B3N6S/c59-51-43(32-62)55(67-44-20-10-7-17-38(44)40-28-29-46-49(54(40)67)41-19-8-11-21-45(41)66(46)37-15-5-2-6-16-37)53(61)52(60)50(51)58-64-56(35-25-23-34(24-26-35)33-13-3-1-4-14-33)63-57(65-58)36-27-30-48-42(31-36)39-18-9-12-22-47(39)68-48/h1-31H,59-61H2. The number of hydrogen-bond acceptors (Lipinski definition) is 5. The number of thiophene rings is 1. The van der Waals surface area contributed by atoms with E-state index in [1.54, 1.807) is 11.3 Å². The van der Waals surface area contributed by atoms with Gasteiger partial charge in [-0.15, -0.1) is 11.3 Å². The van der Waals surface area contributed by atoms with Gasteiger partial charge in [0, 0.05) is 64.1 Å². The Kier molecular flexibility index (Phi) is 9.11. The quantitative estimate of drug-likeness (QED) is 0.156. The van der Waals surface area contributed by atoms with Crippen LogP contribution in [0, 0.1) is 11.3 Å². The Morgan fingerprint density at radius 3 is 1.75 bits per heavy atom. The van der Waals surface area contributed by atoms with E-state index < -0.39 is 0 Å². The van der Waals surface area contributed by atoms with Crippen LogP contribution in [0.1, 0.15) is 5.56 Å². The maximum absolute atomic E-state index is 11.5. The largest absolute Gasteiger partial charge is 0.309 e. The van der Waals surface area contributed by atoms with Crippen molar-refractivity contribution >= 4 is 115 Å². The highest BCUT2D eigenvalue weighted by Gasteiger charge is 2.27. The zero-order chi connectivity index (χ0) is 45.6. The predicted octanol–water partition coefficient (Wildman–Crippen LogP) is 9.75. The molecule has 0 saturated heterocycles. The Morgan fingerprint density at radius 2 is 1.00 bits per heavy atom. The van der Waals surface area contributed by atoms with Gasteiger partial charge in [-0.2, -0.15) is 5.26 Å². The van der Waals surface area contributed by atoms with Crippen LogP contribution in [0.5, 0.6) is 0 Å². The first-order valence-electron chi connectivity index (χ1n) is 22.8. The maximum Gasteiger partial charge on any atom is 0.164 e. The third-order valence-electron chi connectivity index (χ3n) is 13.8. The smallest absolute Gasteiger partial charge is 0.164 e. The molecule has 4 aromatic heterocycles. The van der Waals surface area contributed by atoms with Crippen molar-refractivity contribution in [3.63, 3.8) is 0 Å². The van der Waals surface area contributed by atoms with E-state index in [0.29, 0.717) is 23.0 Å². The van der Waals surface area contributed by atoms with Crippen LogP contribution in [0.15, 0.2) is 188 Å². The summed E-state index contributed by atoms with van der Waals surface area (Å²) >= 11 is 1.79. The normalized spacial score (nSPS) is 11.7. The van der Waals surface area contributed by atoms with E-state index in [-0.39, 0.29) is 0 Å². The number of nitrogens with zero attached hydrogens (tertiary/aromatic N) is 6. The summed E-state index contributed by atoms with van der Waals surface area (Å²) < 4.78 is 7.16. The summed E-state index contributed by atoms with van der Waals surface area (Å²) in [7, 11) is 6.34. The average molecular weight is 882 g/mol. The van der Waals surface area contributed by atoms with Gasteiger partial charge in [0.05, 0.1) is 33.3 Å². The molecule has 0 fully saturated rings. The van der Waals surface area contributed by atoms with Crippen LogP contribution in [0.3, 0.4) is 0 Å². The summed E-state index contributed by atoms with van der Waals surface area (Å²) in [6.45, 7) is 0. The number of benzene rings is 9. The number of hydrogen-bond donors (Lipinski definition) is 0. The van der Waals surface area contributed by atoms with Crippen LogP contribution in [0.25, 0.3) is 120 Å². The SMILES string of the molecule is Bc1c(B)c(-n2c3ccccc3c3ccc4c(c5ccccc5n4-c4ccccc4)c32)c(C#N)c(B)c1-c1nc(-c2ccc(-c3ccccc3)cc2)nc(-c2ccc3sc4ccccc4c3c2)n1. The van der Waals surface area contributed by atoms with E-state index in [9.17, 15) is 5.26 Å². The molecule has 0 saturated carbocycles. The molecule has 0 unspecified atom stereocenters. The van der Waals surface area contributed by atoms with Crippen molar-refractivity contribution in [2.45, 2.75) is 0 Å². The van der Waals surface area contributed by atoms with E-state index in [2.05, 4.69) is 221 Å². The van der Waals surface area contributed by atoms with E-state index in [1.807, 2.05) is 6.07 Å². The molecule has 0 bridgehead atoms. The van der Waals surface area contributed by atoms with Crippen molar-refractivity contribution in [1.29, 1.82) is 5.26 Å². The van der Waals surface area contributed by atoms with Crippen molar-refractivity contribution in [3.8, 4) is 62.7 Å². The number of nitriles is 1. The van der Waals surface area contributed by atoms with Crippen molar-refractivity contribution in [3.05, 3.63) is 194 Å². The summed E-state index contributed by atoms with van der Waals surface area (Å²) in [6, 6.07) is 68.9. The van der Waals surface area contributed by atoms with Crippen molar-refractivity contribution in [2.24, 2.45) is 0 Å². The van der Waals surface area contributed by atoms with Gasteiger partial charge < -0.3 is 9.13 Å². The molecular formula is C58H37B3N6S. The molecule has 0 spiro atoms. The summed E-state index contributed by atoms with van der Waals surface area (Å²) in [5, 5.41) is 18.4. The summed E-state index contributed by atoms with van der Waals surface area (Å²) in [5.74, 6) is 1.68. The molecule has 0 radical (unpaired) electrons. The molecule has 10 heteroatoms. The lowest BCUT2D eigenvalue weighted by Crippen LogP contribution is -2.39. The molecule has 13 rings (SSSR count). The molecule has 0 aliphatic carbocycles. The van der Waals surface area contributed by atoms with Gasteiger partial charge in [-0.3, -0.25) is 0 Å². The summed E-state index contributed by atoms with van der Waals surface area (Å²) in [4.78, 5) is 15.8. The Morgan fingerprint density at radius 1 is 0.426 bits per heavy atom. The van der Waals surface area contributed by atoms with Gasteiger partial charge in [0.15, 0.2) is 17.5 Å². The van der Waals surface area contributed by atoms with Crippen molar-refractivity contribution < 1.29 is 0 Å². The highest BCUT2D eigenvalue weighted by Crippen LogP contribution is 2.42. The van der Waals surface area contributed by atoms with Crippen LogP contribution in [-0.2, 0) is 0 Å². The molecule has 0 N–H and O–H groups in total. The van der Waals surface area contributed by atoms with Crippen LogP contribution >= 0.6 is 11.3 Å². The van der Waals surface area contributed by atoms with Gasteiger partial charge >= 0.3 is 0 Å². The Labute approximate surface area is 398 Å². The number of fused-ring (bicyclic) bond motifs is 10. The van der Waals surface area contributed by atoms with Crippen molar-refractivity contribution in [2.75, 3.05) is 0 Å². The lowest BCUT2D eigenvalue weighted by molar-refractivity contribution is 1.08. The molecule has 0 aliphatic heterocycles. The zero-order valence-electron chi connectivity index (χ0n) is 37.5. The first-order chi connectivity index (χ1) is 33.4. The molecule has 6 nitrogen and oxygen atoms in total. The topological polar surface area (TPSA) is 72.3 Å². The van der Waals surface area contributed by atoms with Crippen LogP contribution in [-0.4, -0.2) is 47.6 Å². The first-order valence-corrected chi connectivity index (χ1v) is 23.7. The molecule has 0 amide bonds. The number of para-hydroxylation sites is 3. The Balaban J connectivity index is 1.07. The molecule has 68 heavy (non-hydrogen) atoms. The molecule has 0 aliphatic rings. The summed E-state index contributed by atoms with van der Waals surface area (Å²) in [6.07, 6.45) is 0. The molecule has 0 atom stereocenters. The van der Waals surface area contributed by atoms with Gasteiger partial charge in [0.25, 0.3) is 0 Å². The third kappa shape index (κ3) is 6.03. The van der Waals surface area contributed by atoms with Gasteiger partial charge in [-0.25, -0.2) is 15.0 Å². The molecule has 314 valence electrons. The molecule has 13 aromatic rings. The van der Waals surface area contributed by atoms with E-state index in [1.165, 1.54) is 20.2 Å². The van der Waals surface area contributed by atoms with Crippen molar-refractivity contribution in [1.82, 2.24) is 24.1 Å². The maximum atomic E-state index is 11.5. The number of aromatic nitrogens is 5. The molecule has 9 aromatic carbocycles. The fourth-order valence-electron chi connectivity index (χ4n) is 10.5. The average Bonchev–Trinajstić information content (AvgIpc) is 4.05. The molecule has 4 heterocycles. The fraction of sp³-hybridized carbons (Fsp3) is 0. The zero-order valence-corrected chi connectivity index (χ0v) is 38.3.